The Morgan fingerprint density at radius 3 is 2.79 bits per heavy atom. The van der Waals surface area contributed by atoms with E-state index in [4.69, 9.17) is 10.5 Å². The summed E-state index contributed by atoms with van der Waals surface area (Å²) in [7, 11) is 0. The minimum absolute atomic E-state index is 0.155. The first-order chi connectivity index (χ1) is 8.72. The molecular weight excluding hydrogens is 240 g/mol. The first-order valence-corrected chi connectivity index (χ1v) is 7.45. The molecule has 4 heteroatoms. The highest BCUT2D eigenvalue weighted by molar-refractivity contribution is 5.68. The number of amides is 1. The van der Waals surface area contributed by atoms with Gasteiger partial charge in [0.15, 0.2) is 0 Å². The predicted molar refractivity (Wildman–Crippen MR) is 75.8 cm³/mol. The fraction of sp³-hybridized carbons (Fsp3) is 0.933. The summed E-state index contributed by atoms with van der Waals surface area (Å²) in [5.74, 6) is 0.706. The van der Waals surface area contributed by atoms with Crippen molar-refractivity contribution in [2.45, 2.75) is 65.0 Å². The van der Waals surface area contributed by atoms with E-state index in [-0.39, 0.29) is 12.1 Å². The van der Waals surface area contributed by atoms with Gasteiger partial charge in [-0.15, -0.1) is 0 Å². The lowest BCUT2D eigenvalue weighted by atomic mass is 9.91. The van der Waals surface area contributed by atoms with Gasteiger partial charge in [0.05, 0.1) is 0 Å². The zero-order valence-corrected chi connectivity index (χ0v) is 12.7. The van der Waals surface area contributed by atoms with E-state index in [1.807, 2.05) is 25.7 Å². The second-order valence-electron chi connectivity index (χ2n) is 7.48. The van der Waals surface area contributed by atoms with Gasteiger partial charge in [0.1, 0.15) is 5.60 Å². The molecule has 1 amide bonds. The Hall–Kier alpha value is -0.770. The molecule has 19 heavy (non-hydrogen) atoms. The SMILES string of the molecule is CC(N)CC1CC12CCCN(C(=O)OC(C)(C)C)C2. The highest BCUT2D eigenvalue weighted by atomic mass is 16.6. The van der Waals surface area contributed by atoms with E-state index in [0.29, 0.717) is 11.3 Å². The lowest BCUT2D eigenvalue weighted by Crippen LogP contribution is -2.44. The standard InChI is InChI=1S/C15H28N2O2/c1-11(16)8-12-9-15(12)6-5-7-17(10-15)13(18)19-14(2,3)4/h11-12H,5-10,16H2,1-4H3. The number of likely N-dealkylation sites (tertiary alicyclic amines) is 1. The van der Waals surface area contributed by atoms with Crippen molar-refractivity contribution in [2.24, 2.45) is 17.1 Å². The van der Waals surface area contributed by atoms with Crippen LogP contribution < -0.4 is 5.73 Å². The van der Waals surface area contributed by atoms with Crippen LogP contribution in [0, 0.1) is 11.3 Å². The van der Waals surface area contributed by atoms with Crippen LogP contribution in [0.2, 0.25) is 0 Å². The average Bonchev–Trinajstić information content (AvgIpc) is 2.86. The number of nitrogens with two attached hydrogens (primary N) is 1. The second kappa shape index (κ2) is 4.97. The predicted octanol–water partition coefficient (Wildman–Crippen LogP) is 2.76. The third-order valence-electron chi connectivity index (χ3n) is 4.28. The fourth-order valence-electron chi connectivity index (χ4n) is 3.36. The molecule has 0 radical (unpaired) electrons. The van der Waals surface area contributed by atoms with Crippen molar-refractivity contribution in [3.8, 4) is 0 Å². The Morgan fingerprint density at radius 2 is 2.21 bits per heavy atom. The van der Waals surface area contributed by atoms with Gasteiger partial charge in [-0.1, -0.05) is 0 Å². The zero-order valence-electron chi connectivity index (χ0n) is 12.7. The van der Waals surface area contributed by atoms with Gasteiger partial charge in [0.25, 0.3) is 0 Å². The van der Waals surface area contributed by atoms with Gasteiger partial charge in [-0.25, -0.2) is 4.79 Å². The maximum absolute atomic E-state index is 12.1. The van der Waals surface area contributed by atoms with Crippen molar-refractivity contribution in [1.82, 2.24) is 4.90 Å². The van der Waals surface area contributed by atoms with Crippen LogP contribution in [-0.2, 0) is 4.74 Å². The maximum Gasteiger partial charge on any atom is 0.410 e. The van der Waals surface area contributed by atoms with Crippen LogP contribution in [0.5, 0.6) is 0 Å². The number of carbonyl (C=O) groups is 1. The Balaban J connectivity index is 1.90. The molecular formula is C15H28N2O2. The Kier molecular flexibility index (Phi) is 3.83. The summed E-state index contributed by atoms with van der Waals surface area (Å²) in [5.41, 5.74) is 5.84. The van der Waals surface area contributed by atoms with E-state index in [1.54, 1.807) is 0 Å². The van der Waals surface area contributed by atoms with Crippen molar-refractivity contribution in [1.29, 1.82) is 0 Å². The molecule has 2 rings (SSSR count). The molecule has 4 nitrogen and oxygen atoms in total. The quantitative estimate of drug-likeness (QED) is 0.838. The third kappa shape index (κ3) is 3.62. The van der Waals surface area contributed by atoms with Gasteiger partial charge in [-0.05, 0) is 64.7 Å². The maximum atomic E-state index is 12.1. The normalized spacial score (nSPS) is 32.3. The molecule has 0 aromatic heterocycles. The summed E-state index contributed by atoms with van der Waals surface area (Å²) < 4.78 is 5.48. The van der Waals surface area contributed by atoms with Crippen LogP contribution in [0.1, 0.15) is 53.4 Å². The molecule has 110 valence electrons. The van der Waals surface area contributed by atoms with Gasteiger partial charge in [0, 0.05) is 19.1 Å². The molecule has 1 saturated heterocycles. The largest absolute Gasteiger partial charge is 0.444 e. The van der Waals surface area contributed by atoms with Gasteiger partial charge in [0.2, 0.25) is 0 Å². The number of rotatable bonds is 2. The zero-order chi connectivity index (χ0) is 14.3. The van der Waals surface area contributed by atoms with Gasteiger partial charge >= 0.3 is 6.09 Å². The molecule has 3 atom stereocenters. The lowest BCUT2D eigenvalue weighted by molar-refractivity contribution is 0.0135. The Labute approximate surface area is 116 Å². The number of nitrogens with zero attached hydrogens (tertiary/aromatic N) is 1. The molecule has 1 aliphatic carbocycles. The van der Waals surface area contributed by atoms with Gasteiger partial charge in [-0.2, -0.15) is 0 Å². The van der Waals surface area contributed by atoms with Crippen LogP contribution in [0.4, 0.5) is 4.79 Å². The van der Waals surface area contributed by atoms with E-state index in [2.05, 4.69) is 6.92 Å². The fourth-order valence-corrected chi connectivity index (χ4v) is 3.36. The summed E-state index contributed by atoms with van der Waals surface area (Å²) in [4.78, 5) is 14.0. The molecule has 1 spiro atoms. The lowest BCUT2D eigenvalue weighted by Gasteiger charge is -2.35. The summed E-state index contributed by atoms with van der Waals surface area (Å²) in [6.07, 6.45) is 4.49. The molecule has 1 aliphatic heterocycles. The number of carbonyl (C=O) groups excluding carboxylic acids is 1. The molecule has 0 aromatic rings. The van der Waals surface area contributed by atoms with Crippen molar-refractivity contribution >= 4 is 6.09 Å². The number of hydrogen-bond acceptors (Lipinski definition) is 3. The van der Waals surface area contributed by atoms with Crippen molar-refractivity contribution in [2.75, 3.05) is 13.1 Å². The number of piperidine rings is 1. The first-order valence-electron chi connectivity index (χ1n) is 7.45. The van der Waals surface area contributed by atoms with Crippen molar-refractivity contribution in [3.05, 3.63) is 0 Å². The molecule has 3 unspecified atom stereocenters. The second-order valence-corrected chi connectivity index (χ2v) is 7.48. The summed E-state index contributed by atoms with van der Waals surface area (Å²) in [6, 6.07) is 0.265. The van der Waals surface area contributed by atoms with Crippen LogP contribution in [0.3, 0.4) is 0 Å². The minimum Gasteiger partial charge on any atom is -0.444 e. The molecule has 2 N–H and O–H groups in total. The summed E-state index contributed by atoms with van der Waals surface area (Å²) in [6.45, 7) is 9.52. The van der Waals surface area contributed by atoms with E-state index < -0.39 is 5.60 Å². The van der Waals surface area contributed by atoms with Crippen LogP contribution in [-0.4, -0.2) is 35.7 Å². The summed E-state index contributed by atoms with van der Waals surface area (Å²) >= 11 is 0. The Bertz CT molecular complexity index is 349. The van der Waals surface area contributed by atoms with E-state index in [0.717, 1.165) is 25.9 Å². The van der Waals surface area contributed by atoms with Crippen molar-refractivity contribution in [3.63, 3.8) is 0 Å². The van der Waals surface area contributed by atoms with Crippen LogP contribution >= 0.6 is 0 Å². The van der Waals surface area contributed by atoms with E-state index in [9.17, 15) is 4.79 Å². The number of hydrogen-bond donors (Lipinski definition) is 1. The van der Waals surface area contributed by atoms with Crippen molar-refractivity contribution < 1.29 is 9.53 Å². The first kappa shape index (κ1) is 14.6. The number of ether oxygens (including phenoxy) is 1. The highest BCUT2D eigenvalue weighted by Gasteiger charge is 2.56. The highest BCUT2D eigenvalue weighted by Crippen LogP contribution is 2.59. The Morgan fingerprint density at radius 1 is 1.53 bits per heavy atom. The van der Waals surface area contributed by atoms with E-state index in [1.165, 1.54) is 12.8 Å². The topological polar surface area (TPSA) is 55.6 Å². The summed E-state index contributed by atoms with van der Waals surface area (Å²) in [5, 5.41) is 0. The van der Waals surface area contributed by atoms with Crippen LogP contribution in [0.25, 0.3) is 0 Å². The minimum atomic E-state index is -0.406. The molecule has 0 bridgehead atoms. The average molecular weight is 268 g/mol. The monoisotopic (exact) mass is 268 g/mol. The molecule has 2 fully saturated rings. The van der Waals surface area contributed by atoms with Gasteiger partial charge in [-0.3, -0.25) is 0 Å². The molecule has 1 saturated carbocycles. The third-order valence-corrected chi connectivity index (χ3v) is 4.28. The van der Waals surface area contributed by atoms with Crippen LogP contribution in [0.15, 0.2) is 0 Å². The van der Waals surface area contributed by atoms with E-state index >= 15 is 0 Å². The molecule has 2 aliphatic rings. The smallest absolute Gasteiger partial charge is 0.410 e. The molecule has 1 heterocycles. The molecule has 0 aromatic carbocycles. The van der Waals surface area contributed by atoms with Gasteiger partial charge < -0.3 is 15.4 Å².